The summed E-state index contributed by atoms with van der Waals surface area (Å²) < 4.78 is 14.7. The number of aromatic nitrogens is 3. The molecule has 0 bridgehead atoms. The van der Waals surface area contributed by atoms with Crippen LogP contribution in [0.2, 0.25) is 18.6 Å². The molecular formula is C44H56N8O6Si. The van der Waals surface area contributed by atoms with Crippen LogP contribution in [0.5, 0.6) is 5.75 Å². The molecule has 0 radical (unpaired) electrons. The van der Waals surface area contributed by atoms with Crippen LogP contribution in [0.15, 0.2) is 72.9 Å². The molecule has 1 aromatic heterocycles. The largest absolute Gasteiger partial charge is 0.497 e. The second kappa shape index (κ2) is 17.0. The van der Waals surface area contributed by atoms with Crippen LogP contribution in [-0.2, 0) is 44.2 Å². The third-order valence-electron chi connectivity index (χ3n) is 13.0. The Morgan fingerprint density at radius 2 is 1.63 bits per heavy atom. The normalized spacial score (nSPS) is 25.1. The summed E-state index contributed by atoms with van der Waals surface area (Å²) in [6, 6.07) is 21.3. The van der Waals surface area contributed by atoms with E-state index in [1.165, 1.54) is 5.19 Å². The van der Waals surface area contributed by atoms with Crippen LogP contribution in [0.3, 0.4) is 0 Å². The van der Waals surface area contributed by atoms with Crippen molar-refractivity contribution >= 4 is 48.0 Å². The maximum Gasteiger partial charge on any atom is 0.264 e. The lowest BCUT2D eigenvalue weighted by molar-refractivity contribution is -0.146. The van der Waals surface area contributed by atoms with Crippen molar-refractivity contribution in [3.8, 4) is 5.75 Å². The zero-order valence-electron chi connectivity index (χ0n) is 34.4. The van der Waals surface area contributed by atoms with Gasteiger partial charge in [-0.1, -0.05) is 54.7 Å². The Labute approximate surface area is 346 Å². The van der Waals surface area contributed by atoms with Crippen molar-refractivity contribution in [1.29, 1.82) is 0 Å². The standard InChI is InChI=1S/C44H56N8O6Si/c1-28-40(59(3,4)34-16-14-33(57-2)15-17-34)39(19-23-51-27-32(20-24-53)49-50-51)58-44(28)35-25-31(48-42(55)37-8-6-22-46-37)13-18-38(35)52(43(44)56)26-29-9-11-30(12-10-29)47-41(54)36-7-5-21-45-36/h9-18,25,27-28,36-37,39-40,45-46,53H,5-8,19-24,26H2,1-4H3,(H,47,54)(H,48,55)/t28-,36+,37+,39+,40-,44+/m0/s1. The van der Waals surface area contributed by atoms with E-state index in [4.69, 9.17) is 9.47 Å². The molecule has 3 amide bonds. The summed E-state index contributed by atoms with van der Waals surface area (Å²) in [5.74, 6) is 0.262. The number of hydrogen-bond acceptors (Lipinski definition) is 10. The highest BCUT2D eigenvalue weighted by atomic mass is 28.3. The second-order valence-electron chi connectivity index (χ2n) is 17.0. The van der Waals surface area contributed by atoms with Gasteiger partial charge in [-0.25, -0.2) is 0 Å². The molecule has 3 fully saturated rings. The van der Waals surface area contributed by atoms with Gasteiger partial charge in [0.1, 0.15) is 5.75 Å². The molecule has 4 aliphatic rings. The van der Waals surface area contributed by atoms with E-state index in [0.29, 0.717) is 43.0 Å². The Morgan fingerprint density at radius 3 is 2.25 bits per heavy atom. The summed E-state index contributed by atoms with van der Waals surface area (Å²) in [4.78, 5) is 43.5. The highest BCUT2D eigenvalue weighted by Gasteiger charge is 2.66. The van der Waals surface area contributed by atoms with Crippen molar-refractivity contribution < 1.29 is 29.0 Å². The number of hydrogen-bond donors (Lipinski definition) is 5. The topological polar surface area (TPSA) is 172 Å². The Bertz CT molecular complexity index is 2150. The number of aryl methyl sites for hydroxylation is 1. The first-order valence-corrected chi connectivity index (χ1v) is 24.1. The van der Waals surface area contributed by atoms with Gasteiger partial charge in [0.25, 0.3) is 5.91 Å². The number of nitrogens with zero attached hydrogens (tertiary/aromatic N) is 4. The van der Waals surface area contributed by atoms with Gasteiger partial charge < -0.3 is 40.7 Å². The molecule has 5 N–H and O–H groups in total. The van der Waals surface area contributed by atoms with Crippen LogP contribution in [0, 0.1) is 5.92 Å². The summed E-state index contributed by atoms with van der Waals surface area (Å²) in [5.41, 5.74) is 3.10. The van der Waals surface area contributed by atoms with Crippen molar-refractivity contribution in [2.24, 2.45) is 5.92 Å². The van der Waals surface area contributed by atoms with Gasteiger partial charge in [0.05, 0.1) is 51.3 Å². The maximum atomic E-state index is 15.5. The van der Waals surface area contributed by atoms with Crippen LogP contribution >= 0.6 is 0 Å². The maximum absolute atomic E-state index is 15.5. The smallest absolute Gasteiger partial charge is 0.264 e. The van der Waals surface area contributed by atoms with Crippen molar-refractivity contribution in [3.05, 3.63) is 89.7 Å². The van der Waals surface area contributed by atoms with Gasteiger partial charge >= 0.3 is 0 Å². The molecule has 6 atom stereocenters. The third kappa shape index (κ3) is 7.93. The van der Waals surface area contributed by atoms with Gasteiger partial charge in [-0.15, -0.1) is 5.10 Å². The minimum Gasteiger partial charge on any atom is -0.497 e. The Balaban J connectivity index is 1.15. The number of rotatable bonds is 14. The molecule has 59 heavy (non-hydrogen) atoms. The van der Waals surface area contributed by atoms with Crippen LogP contribution in [0.4, 0.5) is 17.1 Å². The lowest BCUT2D eigenvalue weighted by Crippen LogP contribution is -2.51. The van der Waals surface area contributed by atoms with E-state index < -0.39 is 13.7 Å². The predicted molar refractivity (Wildman–Crippen MR) is 228 cm³/mol. The number of fused-ring (bicyclic) bond motifs is 2. The minimum atomic E-state index is -2.43. The van der Waals surface area contributed by atoms with Crippen LogP contribution in [-0.4, -0.2) is 90.9 Å². The number of nitrogens with one attached hydrogen (secondary N) is 4. The molecule has 4 aliphatic heterocycles. The highest BCUT2D eigenvalue weighted by Crippen LogP contribution is 2.60. The number of amides is 3. The molecule has 15 heteroatoms. The van der Waals surface area contributed by atoms with Crippen LogP contribution < -0.4 is 36.1 Å². The van der Waals surface area contributed by atoms with Gasteiger partial charge in [0.2, 0.25) is 11.8 Å². The number of methoxy groups -OCH3 is 1. The molecule has 0 unspecified atom stereocenters. The molecule has 0 aliphatic carbocycles. The molecular weight excluding hydrogens is 765 g/mol. The third-order valence-corrected chi connectivity index (χ3v) is 17.4. The summed E-state index contributed by atoms with van der Waals surface area (Å²) in [5, 5.41) is 32.0. The van der Waals surface area contributed by atoms with Crippen molar-refractivity contribution in [3.63, 3.8) is 0 Å². The molecule has 14 nitrogen and oxygen atoms in total. The molecule has 0 saturated carbocycles. The van der Waals surface area contributed by atoms with E-state index in [1.807, 2.05) is 65.7 Å². The predicted octanol–water partition coefficient (Wildman–Crippen LogP) is 4.06. The van der Waals surface area contributed by atoms with Crippen molar-refractivity contribution in [2.75, 3.05) is 42.3 Å². The molecule has 3 saturated heterocycles. The first-order valence-electron chi connectivity index (χ1n) is 21.0. The second-order valence-corrected chi connectivity index (χ2v) is 21.7. The average Bonchev–Trinajstić information content (AvgIpc) is 4.10. The van der Waals surface area contributed by atoms with Gasteiger partial charge in [0, 0.05) is 48.6 Å². The van der Waals surface area contributed by atoms with E-state index in [0.717, 1.165) is 61.3 Å². The summed E-state index contributed by atoms with van der Waals surface area (Å²) in [7, 11) is -0.764. The number of carbonyl (C=O) groups is 3. The van der Waals surface area contributed by atoms with Gasteiger partial charge in [0.15, 0.2) is 5.60 Å². The van der Waals surface area contributed by atoms with E-state index in [9.17, 15) is 14.7 Å². The fourth-order valence-corrected chi connectivity index (χ4v) is 14.0. The number of carbonyl (C=O) groups excluding carboxylic acids is 3. The summed E-state index contributed by atoms with van der Waals surface area (Å²) in [6.07, 6.45) is 6.06. The molecule has 4 aromatic rings. The molecule has 1 spiro atoms. The number of benzene rings is 3. The fourth-order valence-electron chi connectivity index (χ4n) is 9.91. The average molecular weight is 821 g/mol. The number of aliphatic hydroxyl groups is 1. The lowest BCUT2D eigenvalue weighted by atomic mass is 9.82. The van der Waals surface area contributed by atoms with Gasteiger partial charge in [-0.05, 0) is 98.8 Å². The number of anilines is 3. The lowest BCUT2D eigenvalue weighted by Gasteiger charge is -2.37. The minimum absolute atomic E-state index is 0.00809. The molecule has 5 heterocycles. The molecule has 312 valence electrons. The quantitative estimate of drug-likeness (QED) is 0.117. The number of aliphatic hydroxyl groups excluding tert-OH is 1. The van der Waals surface area contributed by atoms with E-state index in [2.05, 4.69) is 63.7 Å². The zero-order valence-corrected chi connectivity index (χ0v) is 35.4. The van der Waals surface area contributed by atoms with Crippen LogP contribution in [0.25, 0.3) is 0 Å². The SMILES string of the molecule is COc1ccc([Si](C)(C)[C@@H]2[C@@H](CCn3cc(CCO)nn3)O[C@]3(C(=O)N(Cc4ccc(NC(=O)[C@H]5CCCN5)cc4)c4ccc(NC(=O)[C@H]5CCCN5)cc43)[C@H]2C)cc1. The summed E-state index contributed by atoms with van der Waals surface area (Å²) >= 11 is 0. The van der Waals surface area contributed by atoms with Gasteiger partial charge in [-0.3, -0.25) is 19.1 Å². The van der Waals surface area contributed by atoms with Crippen molar-refractivity contribution in [1.82, 2.24) is 25.6 Å². The first-order chi connectivity index (χ1) is 28.5. The fraction of sp³-hybridized carbons (Fsp3) is 0.477. The van der Waals surface area contributed by atoms with E-state index >= 15 is 4.79 Å². The zero-order chi connectivity index (χ0) is 41.3. The van der Waals surface area contributed by atoms with E-state index in [-0.39, 0.29) is 54.0 Å². The van der Waals surface area contributed by atoms with E-state index in [1.54, 1.807) is 11.8 Å². The molecule has 3 aromatic carbocycles. The monoisotopic (exact) mass is 820 g/mol. The Kier molecular flexibility index (Phi) is 11.7. The summed E-state index contributed by atoms with van der Waals surface area (Å²) in [6.45, 7) is 9.32. The number of ether oxygens (including phenoxy) is 2. The van der Waals surface area contributed by atoms with Gasteiger partial charge in [-0.2, -0.15) is 0 Å². The van der Waals surface area contributed by atoms with Crippen molar-refractivity contribution in [2.45, 2.75) is 101 Å². The Morgan fingerprint density at radius 1 is 0.966 bits per heavy atom. The first kappa shape index (κ1) is 40.8. The Hall–Kier alpha value is -4.93. The molecule has 8 rings (SSSR count). The van der Waals surface area contributed by atoms with Crippen LogP contribution in [0.1, 0.15) is 55.8 Å². The highest BCUT2D eigenvalue weighted by molar-refractivity contribution is 6.91.